The molecule has 11 heavy (non-hydrogen) atoms. The van der Waals surface area contributed by atoms with Crippen LogP contribution in [0.1, 0.15) is 39.5 Å². The fourth-order valence-corrected chi connectivity index (χ4v) is 1.53. The van der Waals surface area contributed by atoms with Gasteiger partial charge < -0.3 is 4.74 Å². The van der Waals surface area contributed by atoms with Gasteiger partial charge in [0, 0.05) is 5.88 Å². The summed E-state index contributed by atoms with van der Waals surface area (Å²) in [6.07, 6.45) is 5.40. The first-order valence-electron chi connectivity index (χ1n) is 4.40. The van der Waals surface area contributed by atoms with E-state index in [1.165, 1.54) is 19.3 Å². The largest absolute Gasteiger partial charge is 0.367 e. The molecule has 1 aliphatic heterocycles. The second kappa shape index (κ2) is 3.77. The highest BCUT2D eigenvalue weighted by molar-refractivity contribution is 6.17. The first-order valence-corrected chi connectivity index (χ1v) is 4.94. The number of hydrogen-bond acceptors (Lipinski definition) is 1. The summed E-state index contributed by atoms with van der Waals surface area (Å²) in [6, 6.07) is 0. The fraction of sp³-hybridized carbons (Fsp3) is 1.00. The Morgan fingerprint density at radius 3 is 2.36 bits per heavy atom. The van der Waals surface area contributed by atoms with E-state index in [1.807, 2.05) is 0 Å². The summed E-state index contributed by atoms with van der Waals surface area (Å²) in [7, 11) is 0. The molecule has 66 valence electrons. The summed E-state index contributed by atoms with van der Waals surface area (Å²) in [6.45, 7) is 4.30. The van der Waals surface area contributed by atoms with E-state index in [2.05, 4.69) is 13.8 Å². The second-order valence-corrected chi connectivity index (χ2v) is 4.13. The van der Waals surface area contributed by atoms with Gasteiger partial charge in [-0.1, -0.05) is 12.8 Å². The van der Waals surface area contributed by atoms with E-state index < -0.39 is 0 Å². The molecule has 1 heterocycles. The van der Waals surface area contributed by atoms with Crippen molar-refractivity contribution < 1.29 is 4.74 Å². The second-order valence-electron chi connectivity index (χ2n) is 3.75. The normalized spacial score (nSPS) is 27.0. The molecule has 0 aliphatic carbocycles. The maximum Gasteiger partial charge on any atom is 0.0892 e. The molecule has 1 nitrogen and oxygen atoms in total. The molecule has 0 bridgehead atoms. The molecule has 0 aromatic heterocycles. The lowest BCUT2D eigenvalue weighted by Gasteiger charge is -1.96. The van der Waals surface area contributed by atoms with Crippen LogP contribution in [0.3, 0.4) is 0 Å². The number of alkyl halides is 1. The standard InChI is InChI=1S/C9H17ClO/c1-9(2)8(11-9)6-4-3-5-7-10/h8H,3-7H2,1-2H3. The maximum atomic E-state index is 5.56. The van der Waals surface area contributed by atoms with Crippen molar-refractivity contribution in [3.8, 4) is 0 Å². The molecule has 1 aliphatic rings. The number of ether oxygens (including phenoxy) is 1. The van der Waals surface area contributed by atoms with Crippen LogP contribution in [0.25, 0.3) is 0 Å². The zero-order valence-electron chi connectivity index (χ0n) is 7.40. The Balaban J connectivity index is 1.90. The van der Waals surface area contributed by atoms with Crippen LogP contribution in [-0.2, 0) is 4.74 Å². The first-order chi connectivity index (χ1) is 5.17. The van der Waals surface area contributed by atoms with E-state index >= 15 is 0 Å². The molecule has 0 aromatic rings. The molecule has 2 heteroatoms. The SMILES string of the molecule is CC1(C)OC1CCCCCCl. The van der Waals surface area contributed by atoms with E-state index in [4.69, 9.17) is 16.3 Å². The molecule has 0 N–H and O–H groups in total. The molecule has 1 unspecified atom stereocenters. The molecule has 0 amide bonds. The zero-order valence-corrected chi connectivity index (χ0v) is 8.16. The van der Waals surface area contributed by atoms with Gasteiger partial charge in [-0.05, 0) is 26.7 Å². The van der Waals surface area contributed by atoms with Gasteiger partial charge in [0.05, 0.1) is 11.7 Å². The van der Waals surface area contributed by atoms with Crippen LogP contribution in [0.5, 0.6) is 0 Å². The van der Waals surface area contributed by atoms with Crippen LogP contribution in [0.4, 0.5) is 0 Å². The molecule has 0 spiro atoms. The van der Waals surface area contributed by atoms with Crippen molar-refractivity contribution >= 4 is 11.6 Å². The zero-order chi connectivity index (χ0) is 8.32. The number of unbranched alkanes of at least 4 members (excludes halogenated alkanes) is 2. The first kappa shape index (κ1) is 9.34. The predicted octanol–water partition coefficient (Wildman–Crippen LogP) is 2.96. The van der Waals surface area contributed by atoms with Crippen molar-refractivity contribution in [1.82, 2.24) is 0 Å². The van der Waals surface area contributed by atoms with E-state index in [9.17, 15) is 0 Å². The fourth-order valence-electron chi connectivity index (χ4n) is 1.34. The summed E-state index contributed by atoms with van der Waals surface area (Å²) in [4.78, 5) is 0. The summed E-state index contributed by atoms with van der Waals surface area (Å²) in [5.41, 5.74) is 0.182. The topological polar surface area (TPSA) is 12.5 Å². The number of epoxide rings is 1. The van der Waals surface area contributed by atoms with Gasteiger partial charge >= 0.3 is 0 Å². The van der Waals surface area contributed by atoms with Gasteiger partial charge in [-0.25, -0.2) is 0 Å². The Bertz CT molecular complexity index is 123. The van der Waals surface area contributed by atoms with E-state index in [1.54, 1.807) is 0 Å². The van der Waals surface area contributed by atoms with Crippen molar-refractivity contribution in [1.29, 1.82) is 0 Å². The van der Waals surface area contributed by atoms with E-state index in [0.717, 1.165) is 12.3 Å². The Morgan fingerprint density at radius 2 is 1.91 bits per heavy atom. The smallest absolute Gasteiger partial charge is 0.0892 e. The van der Waals surface area contributed by atoms with Gasteiger partial charge in [0.2, 0.25) is 0 Å². The summed E-state index contributed by atoms with van der Waals surface area (Å²) >= 11 is 5.56. The van der Waals surface area contributed by atoms with Crippen molar-refractivity contribution in [2.24, 2.45) is 0 Å². The predicted molar refractivity (Wildman–Crippen MR) is 48.1 cm³/mol. The number of rotatable bonds is 5. The number of hydrogen-bond donors (Lipinski definition) is 0. The molecular weight excluding hydrogens is 160 g/mol. The number of halogens is 1. The minimum atomic E-state index is 0.182. The molecule has 0 radical (unpaired) electrons. The molecule has 0 saturated carbocycles. The van der Waals surface area contributed by atoms with E-state index in [-0.39, 0.29) is 5.60 Å². The van der Waals surface area contributed by atoms with Crippen molar-refractivity contribution in [2.45, 2.75) is 51.2 Å². The Hall–Kier alpha value is 0.250. The average molecular weight is 177 g/mol. The van der Waals surface area contributed by atoms with Gasteiger partial charge in [0.25, 0.3) is 0 Å². The Morgan fingerprint density at radius 1 is 1.27 bits per heavy atom. The third-order valence-electron chi connectivity index (χ3n) is 2.26. The molecule has 0 aromatic carbocycles. The van der Waals surface area contributed by atoms with Crippen LogP contribution in [0, 0.1) is 0 Å². The highest BCUT2D eigenvalue weighted by Gasteiger charge is 2.46. The highest BCUT2D eigenvalue weighted by atomic mass is 35.5. The van der Waals surface area contributed by atoms with Gasteiger partial charge in [-0.3, -0.25) is 0 Å². The molecule has 1 saturated heterocycles. The molecule has 1 rings (SSSR count). The minimum Gasteiger partial charge on any atom is -0.367 e. The Labute approximate surface area is 74.1 Å². The quantitative estimate of drug-likeness (QED) is 0.357. The van der Waals surface area contributed by atoms with Crippen LogP contribution in [0.2, 0.25) is 0 Å². The van der Waals surface area contributed by atoms with Crippen LogP contribution < -0.4 is 0 Å². The van der Waals surface area contributed by atoms with Gasteiger partial charge in [0.1, 0.15) is 0 Å². The van der Waals surface area contributed by atoms with Gasteiger partial charge in [0.15, 0.2) is 0 Å². The van der Waals surface area contributed by atoms with Crippen LogP contribution in [-0.4, -0.2) is 17.6 Å². The third-order valence-corrected chi connectivity index (χ3v) is 2.53. The average Bonchev–Trinajstić information content (AvgIpc) is 2.52. The lowest BCUT2D eigenvalue weighted by Crippen LogP contribution is -2.02. The van der Waals surface area contributed by atoms with Gasteiger partial charge in [-0.2, -0.15) is 0 Å². The lowest BCUT2D eigenvalue weighted by molar-refractivity contribution is 0.318. The molecule has 1 fully saturated rings. The van der Waals surface area contributed by atoms with Crippen LogP contribution >= 0.6 is 11.6 Å². The summed E-state index contributed by atoms with van der Waals surface area (Å²) in [5.74, 6) is 0.801. The van der Waals surface area contributed by atoms with Crippen molar-refractivity contribution in [2.75, 3.05) is 5.88 Å². The van der Waals surface area contributed by atoms with Crippen molar-refractivity contribution in [3.63, 3.8) is 0 Å². The lowest BCUT2D eigenvalue weighted by atomic mass is 10.0. The summed E-state index contributed by atoms with van der Waals surface area (Å²) < 4.78 is 5.45. The Kier molecular flexibility index (Phi) is 3.20. The van der Waals surface area contributed by atoms with Crippen molar-refractivity contribution in [3.05, 3.63) is 0 Å². The third kappa shape index (κ3) is 3.00. The van der Waals surface area contributed by atoms with E-state index in [0.29, 0.717) is 6.10 Å². The molecule has 1 atom stereocenters. The van der Waals surface area contributed by atoms with Crippen LogP contribution in [0.15, 0.2) is 0 Å². The minimum absolute atomic E-state index is 0.182. The molecular formula is C9H17ClO. The monoisotopic (exact) mass is 176 g/mol. The highest BCUT2D eigenvalue weighted by Crippen LogP contribution is 2.38. The van der Waals surface area contributed by atoms with Gasteiger partial charge in [-0.15, -0.1) is 11.6 Å². The maximum absolute atomic E-state index is 5.56. The summed E-state index contributed by atoms with van der Waals surface area (Å²) in [5, 5.41) is 0.